The first kappa shape index (κ1) is 20.4. The van der Waals surface area contributed by atoms with E-state index in [1.165, 1.54) is 5.56 Å². The average Bonchev–Trinajstić information content (AvgIpc) is 3.09. The van der Waals surface area contributed by atoms with Crippen LogP contribution < -0.4 is 5.32 Å². The van der Waals surface area contributed by atoms with E-state index in [0.29, 0.717) is 19.6 Å². The molecule has 0 unspecified atom stereocenters. The zero-order valence-electron chi connectivity index (χ0n) is 16.8. The maximum atomic E-state index is 12.3. The van der Waals surface area contributed by atoms with Crippen molar-refractivity contribution in [3.63, 3.8) is 0 Å². The van der Waals surface area contributed by atoms with Gasteiger partial charge in [-0.2, -0.15) is 0 Å². The van der Waals surface area contributed by atoms with Crippen LogP contribution in [0, 0.1) is 0 Å². The quantitative estimate of drug-likeness (QED) is 0.609. The first-order valence-electron chi connectivity index (χ1n) is 9.62. The van der Waals surface area contributed by atoms with Gasteiger partial charge in [0.2, 0.25) is 0 Å². The molecule has 1 aromatic carbocycles. The minimum Gasteiger partial charge on any atom is -0.357 e. The van der Waals surface area contributed by atoms with E-state index in [1.807, 2.05) is 36.2 Å². The van der Waals surface area contributed by atoms with Gasteiger partial charge in [0.15, 0.2) is 15.8 Å². The third-order valence-electron chi connectivity index (χ3n) is 5.05. The van der Waals surface area contributed by atoms with Crippen LogP contribution >= 0.6 is 0 Å². The van der Waals surface area contributed by atoms with Crippen molar-refractivity contribution in [2.75, 3.05) is 25.4 Å². The fourth-order valence-electron chi connectivity index (χ4n) is 3.31. The highest BCUT2D eigenvalue weighted by Crippen LogP contribution is 2.23. The first-order chi connectivity index (χ1) is 13.3. The largest absolute Gasteiger partial charge is 0.357 e. The van der Waals surface area contributed by atoms with Crippen LogP contribution in [0.25, 0.3) is 0 Å². The van der Waals surface area contributed by atoms with E-state index in [4.69, 9.17) is 4.99 Å². The van der Waals surface area contributed by atoms with Crippen LogP contribution in [0.3, 0.4) is 0 Å². The topological polar surface area (TPSA) is 79.6 Å². The predicted octanol–water partition coefficient (Wildman–Crippen LogP) is 1.91. The molecule has 0 radical (unpaired) electrons. The molecule has 1 N–H and O–H groups in total. The van der Waals surface area contributed by atoms with Crippen molar-refractivity contribution in [3.05, 3.63) is 54.1 Å². The van der Waals surface area contributed by atoms with Gasteiger partial charge in [0.05, 0.1) is 10.5 Å². The fraction of sp³-hybridized carbons (Fsp3) is 0.500. The Morgan fingerprint density at radius 2 is 2.04 bits per heavy atom. The number of imidazole rings is 1. The molecule has 2 heterocycles. The summed E-state index contributed by atoms with van der Waals surface area (Å²) >= 11 is 0. The number of nitrogens with one attached hydrogen (secondary N) is 1. The van der Waals surface area contributed by atoms with E-state index in [0.717, 1.165) is 24.9 Å². The molecule has 0 atom stereocenters. The summed E-state index contributed by atoms with van der Waals surface area (Å²) in [4.78, 5) is 11.2. The van der Waals surface area contributed by atoms with E-state index in [1.54, 1.807) is 20.0 Å². The monoisotopic (exact) mass is 403 g/mol. The lowest BCUT2D eigenvalue weighted by molar-refractivity contribution is 0.353. The number of hydrogen-bond donors (Lipinski definition) is 1. The zero-order valence-corrected chi connectivity index (χ0v) is 17.6. The van der Waals surface area contributed by atoms with Crippen LogP contribution in [0.2, 0.25) is 0 Å². The lowest BCUT2D eigenvalue weighted by Crippen LogP contribution is -2.57. The van der Waals surface area contributed by atoms with Gasteiger partial charge in [-0.1, -0.05) is 30.3 Å². The molecule has 3 rings (SSSR count). The number of benzene rings is 1. The molecule has 0 saturated carbocycles. The second-order valence-corrected chi connectivity index (χ2v) is 10.4. The molecular weight excluding hydrogens is 374 g/mol. The highest BCUT2D eigenvalue weighted by Gasteiger charge is 2.40. The van der Waals surface area contributed by atoms with Crippen molar-refractivity contribution in [2.24, 2.45) is 4.99 Å². The number of aromatic nitrogens is 2. The van der Waals surface area contributed by atoms with Gasteiger partial charge in [0.25, 0.3) is 0 Å². The molecular formula is C20H29N5O2S. The minimum absolute atomic E-state index is 0.146. The lowest BCUT2D eigenvalue weighted by Gasteiger charge is -2.39. The third kappa shape index (κ3) is 4.55. The summed E-state index contributed by atoms with van der Waals surface area (Å²) in [7, 11) is -3.08. The lowest BCUT2D eigenvalue weighted by atomic mass is 10.2. The Morgan fingerprint density at radius 3 is 2.71 bits per heavy atom. The van der Waals surface area contributed by atoms with Gasteiger partial charge in [-0.15, -0.1) is 0 Å². The molecule has 8 heteroatoms. The SMILES string of the molecule is CCNC(=NCc1nccn1Cc1ccccc1)N1CCS(=O)(=O)C(C)(C)C1. The van der Waals surface area contributed by atoms with Crippen molar-refractivity contribution >= 4 is 15.8 Å². The second kappa shape index (κ2) is 8.34. The summed E-state index contributed by atoms with van der Waals surface area (Å²) in [5.74, 6) is 1.76. The first-order valence-corrected chi connectivity index (χ1v) is 11.3. The summed E-state index contributed by atoms with van der Waals surface area (Å²) in [6.07, 6.45) is 3.75. The molecule has 1 aliphatic rings. The summed E-state index contributed by atoms with van der Waals surface area (Å²) in [5, 5.41) is 3.29. The molecule has 0 aliphatic carbocycles. The molecule has 152 valence electrons. The van der Waals surface area contributed by atoms with Gasteiger partial charge in [0, 0.05) is 38.6 Å². The van der Waals surface area contributed by atoms with Crippen molar-refractivity contribution in [1.82, 2.24) is 19.8 Å². The molecule has 1 aliphatic heterocycles. The summed E-state index contributed by atoms with van der Waals surface area (Å²) < 4.78 is 25.9. The van der Waals surface area contributed by atoms with Gasteiger partial charge < -0.3 is 14.8 Å². The van der Waals surface area contributed by atoms with E-state index in [2.05, 4.69) is 27.0 Å². The van der Waals surface area contributed by atoms with E-state index in [-0.39, 0.29) is 5.75 Å². The van der Waals surface area contributed by atoms with Gasteiger partial charge in [-0.3, -0.25) is 0 Å². The Balaban J connectivity index is 1.75. The molecule has 7 nitrogen and oxygen atoms in total. The molecule has 1 aromatic heterocycles. The maximum Gasteiger partial charge on any atom is 0.194 e. The van der Waals surface area contributed by atoms with E-state index < -0.39 is 14.6 Å². The van der Waals surface area contributed by atoms with Crippen LogP contribution in [0.15, 0.2) is 47.7 Å². The highest BCUT2D eigenvalue weighted by molar-refractivity contribution is 7.92. The molecule has 28 heavy (non-hydrogen) atoms. The predicted molar refractivity (Wildman–Crippen MR) is 112 cm³/mol. The summed E-state index contributed by atoms with van der Waals surface area (Å²) in [6.45, 7) is 8.37. The normalized spacial score (nSPS) is 18.8. The minimum atomic E-state index is -3.08. The van der Waals surface area contributed by atoms with Crippen LogP contribution in [0.1, 0.15) is 32.2 Å². The van der Waals surface area contributed by atoms with Gasteiger partial charge in [-0.05, 0) is 26.3 Å². The molecule has 0 bridgehead atoms. The van der Waals surface area contributed by atoms with E-state index >= 15 is 0 Å². The van der Waals surface area contributed by atoms with Crippen molar-refractivity contribution in [2.45, 2.75) is 38.6 Å². The number of sulfone groups is 1. The zero-order chi connectivity index (χ0) is 20.2. The fourth-order valence-corrected chi connectivity index (χ4v) is 4.68. The molecule has 2 aromatic rings. The third-order valence-corrected chi connectivity index (χ3v) is 7.58. The Bertz CT molecular complexity index is 919. The number of aliphatic imine (C=N–C) groups is 1. The second-order valence-electron chi connectivity index (χ2n) is 7.63. The Morgan fingerprint density at radius 1 is 1.29 bits per heavy atom. The van der Waals surface area contributed by atoms with E-state index in [9.17, 15) is 8.42 Å². The summed E-state index contributed by atoms with van der Waals surface area (Å²) in [6, 6.07) is 10.2. The van der Waals surface area contributed by atoms with Crippen LogP contribution in [0.4, 0.5) is 0 Å². The number of nitrogens with zero attached hydrogens (tertiary/aromatic N) is 4. The molecule has 0 spiro atoms. The molecule has 1 saturated heterocycles. The van der Waals surface area contributed by atoms with Crippen LogP contribution in [0.5, 0.6) is 0 Å². The van der Waals surface area contributed by atoms with Crippen LogP contribution in [-0.2, 0) is 22.9 Å². The Kier molecular flexibility index (Phi) is 6.07. The molecule has 1 fully saturated rings. The smallest absolute Gasteiger partial charge is 0.194 e. The highest BCUT2D eigenvalue weighted by atomic mass is 32.2. The van der Waals surface area contributed by atoms with Crippen molar-refractivity contribution in [1.29, 1.82) is 0 Å². The Labute approximate surface area is 167 Å². The van der Waals surface area contributed by atoms with Gasteiger partial charge in [-0.25, -0.2) is 18.4 Å². The average molecular weight is 404 g/mol. The molecule has 0 amide bonds. The Hall–Kier alpha value is -2.35. The van der Waals surface area contributed by atoms with Gasteiger partial charge >= 0.3 is 0 Å². The number of guanidine groups is 1. The number of hydrogen-bond acceptors (Lipinski definition) is 4. The maximum absolute atomic E-state index is 12.3. The van der Waals surface area contributed by atoms with Crippen molar-refractivity contribution < 1.29 is 8.42 Å². The summed E-state index contributed by atoms with van der Waals surface area (Å²) in [5.41, 5.74) is 1.21. The number of rotatable bonds is 5. The van der Waals surface area contributed by atoms with Crippen LogP contribution in [-0.4, -0.2) is 59.0 Å². The van der Waals surface area contributed by atoms with Crippen molar-refractivity contribution in [3.8, 4) is 0 Å². The standard InChI is InChI=1S/C20H29N5O2S/c1-4-21-19(25-12-13-28(26,27)20(2,3)16-25)23-14-18-22-10-11-24(18)15-17-8-6-5-7-9-17/h5-11H,4,12-16H2,1-3H3,(H,21,23). The van der Waals surface area contributed by atoms with Gasteiger partial charge in [0.1, 0.15) is 12.4 Å².